The van der Waals surface area contributed by atoms with Crippen molar-refractivity contribution in [3.05, 3.63) is 0 Å². The molecule has 0 aliphatic rings. The minimum Gasteiger partial charge on any atom is -0.436 e. The maximum atomic E-state index is 10.2. The Labute approximate surface area is 63.2 Å². The van der Waals surface area contributed by atoms with E-state index >= 15 is 0 Å². The predicted octanol–water partition coefficient (Wildman–Crippen LogP) is -2.20. The van der Waals surface area contributed by atoms with Crippen LogP contribution in [0.5, 0.6) is 0 Å². The van der Waals surface area contributed by atoms with Crippen molar-refractivity contribution in [1.82, 2.24) is 0 Å². The fourth-order valence-corrected chi connectivity index (χ4v) is 0.460. The number of carbonyl (C=O) groups is 1. The zero-order valence-corrected chi connectivity index (χ0v) is 5.86. The summed E-state index contributed by atoms with van der Waals surface area (Å²) in [6, 6.07) is 0. The van der Waals surface area contributed by atoms with E-state index in [2.05, 4.69) is 10.5 Å². The van der Waals surface area contributed by atoms with E-state index in [1.807, 2.05) is 0 Å². The van der Waals surface area contributed by atoms with E-state index in [4.69, 9.17) is 15.3 Å². The van der Waals surface area contributed by atoms with E-state index in [1.165, 1.54) is 0 Å². The maximum absolute atomic E-state index is 10.2. The molecule has 0 rings (SSSR count). The lowest BCUT2D eigenvalue weighted by Crippen LogP contribution is -2.47. The molecule has 0 aliphatic heterocycles. The monoisotopic (exact) mass is 165 g/mol. The Morgan fingerprint density at radius 3 is 1.73 bits per heavy atom. The van der Waals surface area contributed by atoms with E-state index in [0.717, 1.165) is 0 Å². The third-order valence-corrected chi connectivity index (χ3v) is 1.18. The number of amides is 1. The van der Waals surface area contributed by atoms with Crippen LogP contribution in [-0.4, -0.2) is 46.8 Å². The molecule has 0 aliphatic carbocycles. The van der Waals surface area contributed by atoms with E-state index in [-0.39, 0.29) is 0 Å². The molecule has 0 fully saturated rings. The van der Waals surface area contributed by atoms with Crippen LogP contribution in [0.25, 0.3) is 0 Å². The summed E-state index contributed by atoms with van der Waals surface area (Å²) < 4.78 is 4.27. The van der Waals surface area contributed by atoms with Gasteiger partial charge in [-0.25, -0.2) is 4.79 Å². The molecule has 0 heterocycles. The summed E-state index contributed by atoms with van der Waals surface area (Å²) in [4.78, 5) is 10.2. The van der Waals surface area contributed by atoms with Gasteiger partial charge in [-0.3, -0.25) is 0 Å². The van der Waals surface area contributed by atoms with Gasteiger partial charge in [0.1, 0.15) is 0 Å². The summed E-state index contributed by atoms with van der Waals surface area (Å²) in [5, 5.41) is 25.7. The number of rotatable bonds is 4. The minimum atomic E-state index is -1.66. The Morgan fingerprint density at radius 1 is 1.27 bits per heavy atom. The van der Waals surface area contributed by atoms with Crippen LogP contribution in [0.4, 0.5) is 4.79 Å². The Balaban J connectivity index is 4.16. The first kappa shape index (κ1) is 10.2. The molecule has 0 saturated carbocycles. The molecule has 0 unspecified atom stereocenters. The number of nitrogens with two attached hydrogens (primary N) is 1. The highest BCUT2D eigenvalue weighted by atomic mass is 16.6. The highest BCUT2D eigenvalue weighted by Crippen LogP contribution is 2.07. The second-order valence-corrected chi connectivity index (χ2v) is 2.08. The summed E-state index contributed by atoms with van der Waals surface area (Å²) in [5.41, 5.74) is 2.95. The fraction of sp³-hybridized carbons (Fsp3) is 0.800. The lowest BCUT2D eigenvalue weighted by Gasteiger charge is -2.25. The van der Waals surface area contributed by atoms with Gasteiger partial charge in [0.25, 0.3) is 0 Å². The average molecular weight is 165 g/mol. The smallest absolute Gasteiger partial charge is 0.405 e. The lowest BCUT2D eigenvalue weighted by atomic mass is 10.1. The zero-order valence-electron chi connectivity index (χ0n) is 5.86. The largest absolute Gasteiger partial charge is 0.436 e. The number of carbonyl (C=O) groups excluding carboxylic acids is 1. The molecule has 66 valence electrons. The van der Waals surface area contributed by atoms with Crippen molar-refractivity contribution in [2.75, 3.05) is 19.8 Å². The average Bonchev–Trinajstić information content (AvgIpc) is 2.00. The number of hydrogen-bond acceptors (Lipinski definition) is 5. The van der Waals surface area contributed by atoms with Gasteiger partial charge in [0.15, 0.2) is 5.60 Å². The second kappa shape index (κ2) is 4.12. The molecule has 5 N–H and O–H groups in total. The number of aliphatic hydroxyl groups excluding tert-OH is 3. The van der Waals surface area contributed by atoms with Gasteiger partial charge in [-0.15, -0.1) is 0 Å². The van der Waals surface area contributed by atoms with Crippen LogP contribution < -0.4 is 5.73 Å². The molecule has 0 spiro atoms. The SMILES string of the molecule is NC(=O)OC(CO)(CO)CO. The van der Waals surface area contributed by atoms with Crippen LogP contribution in [-0.2, 0) is 4.74 Å². The maximum Gasteiger partial charge on any atom is 0.405 e. The van der Waals surface area contributed by atoms with Gasteiger partial charge in [-0.05, 0) is 0 Å². The van der Waals surface area contributed by atoms with Crippen LogP contribution in [0.2, 0.25) is 0 Å². The van der Waals surface area contributed by atoms with Crippen molar-refractivity contribution in [1.29, 1.82) is 0 Å². The minimum absolute atomic E-state index is 0.678. The van der Waals surface area contributed by atoms with Gasteiger partial charge >= 0.3 is 6.09 Å². The van der Waals surface area contributed by atoms with E-state index in [9.17, 15) is 4.79 Å². The second-order valence-electron chi connectivity index (χ2n) is 2.08. The van der Waals surface area contributed by atoms with Crippen molar-refractivity contribution < 1.29 is 24.9 Å². The quantitative estimate of drug-likeness (QED) is 0.377. The van der Waals surface area contributed by atoms with E-state index < -0.39 is 31.5 Å². The Morgan fingerprint density at radius 2 is 1.64 bits per heavy atom. The van der Waals surface area contributed by atoms with Crippen LogP contribution >= 0.6 is 0 Å². The first-order valence-electron chi connectivity index (χ1n) is 2.91. The van der Waals surface area contributed by atoms with Crippen molar-refractivity contribution in [3.63, 3.8) is 0 Å². The van der Waals surface area contributed by atoms with Gasteiger partial charge in [0.2, 0.25) is 0 Å². The molecule has 0 aromatic rings. The molecule has 0 aromatic heterocycles. The Kier molecular flexibility index (Phi) is 3.80. The number of ether oxygens (including phenoxy) is 1. The topological polar surface area (TPSA) is 113 Å². The van der Waals surface area contributed by atoms with E-state index in [1.54, 1.807) is 0 Å². The van der Waals surface area contributed by atoms with Gasteiger partial charge in [0.05, 0.1) is 19.8 Å². The van der Waals surface area contributed by atoms with Crippen LogP contribution in [0.1, 0.15) is 0 Å². The molecule has 0 bridgehead atoms. The summed E-state index contributed by atoms with van der Waals surface area (Å²) in [6.45, 7) is -2.03. The van der Waals surface area contributed by atoms with Crippen LogP contribution in [0.15, 0.2) is 0 Å². The van der Waals surface area contributed by atoms with Gasteiger partial charge < -0.3 is 25.8 Å². The van der Waals surface area contributed by atoms with Crippen molar-refractivity contribution in [2.45, 2.75) is 5.60 Å². The predicted molar refractivity (Wildman–Crippen MR) is 34.7 cm³/mol. The van der Waals surface area contributed by atoms with Gasteiger partial charge in [0, 0.05) is 0 Å². The lowest BCUT2D eigenvalue weighted by molar-refractivity contribution is -0.0905. The van der Waals surface area contributed by atoms with Gasteiger partial charge in [-0.1, -0.05) is 0 Å². The summed E-state index contributed by atoms with van der Waals surface area (Å²) >= 11 is 0. The highest BCUT2D eigenvalue weighted by molar-refractivity contribution is 5.65. The van der Waals surface area contributed by atoms with Crippen molar-refractivity contribution in [2.24, 2.45) is 5.73 Å². The fourth-order valence-electron chi connectivity index (χ4n) is 0.460. The molecule has 6 heteroatoms. The van der Waals surface area contributed by atoms with Crippen molar-refractivity contribution >= 4 is 6.09 Å². The summed E-state index contributed by atoms with van der Waals surface area (Å²) in [5.74, 6) is 0. The van der Waals surface area contributed by atoms with E-state index in [0.29, 0.717) is 0 Å². The zero-order chi connectivity index (χ0) is 8.91. The third-order valence-electron chi connectivity index (χ3n) is 1.18. The molecule has 6 nitrogen and oxygen atoms in total. The van der Waals surface area contributed by atoms with Crippen LogP contribution in [0.3, 0.4) is 0 Å². The molecule has 0 atom stereocenters. The first-order chi connectivity index (χ1) is 5.10. The molecule has 0 aromatic carbocycles. The highest BCUT2D eigenvalue weighted by Gasteiger charge is 2.31. The number of primary amides is 1. The molecular formula is C5H11NO5. The standard InChI is InChI=1S/C5H11NO5/c6-4(10)11-5(1-7,2-8)3-9/h7-9H,1-3H2,(H2,6,10). The summed E-state index contributed by atoms with van der Waals surface area (Å²) in [6.07, 6.45) is -1.15. The molecule has 0 radical (unpaired) electrons. The molecular weight excluding hydrogens is 154 g/mol. The first-order valence-corrected chi connectivity index (χ1v) is 2.91. The Bertz CT molecular complexity index is 125. The van der Waals surface area contributed by atoms with Crippen molar-refractivity contribution in [3.8, 4) is 0 Å². The molecule has 0 saturated heterocycles. The normalized spacial score (nSPS) is 11.2. The molecule has 1 amide bonds. The number of aliphatic hydroxyl groups is 3. The third kappa shape index (κ3) is 2.71. The summed E-state index contributed by atoms with van der Waals surface area (Å²) in [7, 11) is 0. The van der Waals surface area contributed by atoms with Crippen LogP contribution in [0, 0.1) is 0 Å². The Hall–Kier alpha value is -0.850. The van der Waals surface area contributed by atoms with Gasteiger partial charge in [-0.2, -0.15) is 0 Å². The number of hydrogen-bond donors (Lipinski definition) is 4. The molecule has 11 heavy (non-hydrogen) atoms.